The highest BCUT2D eigenvalue weighted by Gasteiger charge is 2.17. The Morgan fingerprint density at radius 3 is 2.93 bits per heavy atom. The third-order valence-corrected chi connectivity index (χ3v) is 2.80. The number of rotatable bonds is 8. The van der Waals surface area contributed by atoms with Gasteiger partial charge < -0.3 is 14.8 Å². The molecule has 1 fully saturated rings. The normalized spacial score (nSPS) is 23.2. The largest absolute Gasteiger partial charge is 0.376 e. The van der Waals surface area contributed by atoms with Crippen LogP contribution in [0.15, 0.2) is 0 Å². The van der Waals surface area contributed by atoms with E-state index < -0.39 is 0 Å². The van der Waals surface area contributed by atoms with E-state index in [0.29, 0.717) is 12.2 Å². The molecule has 0 aromatic heterocycles. The molecule has 0 spiro atoms. The van der Waals surface area contributed by atoms with E-state index in [9.17, 15) is 0 Å². The number of ether oxygens (including phenoxy) is 2. The number of nitrogens with one attached hydrogen (secondary N) is 1. The lowest BCUT2D eigenvalue weighted by Gasteiger charge is -2.19. The molecule has 3 nitrogen and oxygen atoms in total. The number of hydrogen-bond donors (Lipinski definition) is 1. The summed E-state index contributed by atoms with van der Waals surface area (Å²) >= 11 is 0. The molecule has 1 heterocycles. The second kappa shape index (κ2) is 8.08. The fraction of sp³-hybridized carbons (Fsp3) is 1.00. The van der Waals surface area contributed by atoms with E-state index in [1.165, 1.54) is 19.3 Å². The van der Waals surface area contributed by atoms with E-state index in [-0.39, 0.29) is 0 Å². The molecule has 1 N–H and O–H groups in total. The minimum Gasteiger partial charge on any atom is -0.376 e. The Labute approximate surface area is 93.5 Å². The Hall–Kier alpha value is -0.120. The summed E-state index contributed by atoms with van der Waals surface area (Å²) in [5.74, 6) is 0. The molecule has 0 aromatic carbocycles. The summed E-state index contributed by atoms with van der Waals surface area (Å²) in [6, 6.07) is 0. The van der Waals surface area contributed by atoms with Gasteiger partial charge in [-0.25, -0.2) is 0 Å². The van der Waals surface area contributed by atoms with Gasteiger partial charge in [0.1, 0.15) is 0 Å². The van der Waals surface area contributed by atoms with Crippen molar-refractivity contribution in [3.05, 3.63) is 0 Å². The third-order valence-electron chi connectivity index (χ3n) is 2.80. The molecule has 0 saturated carbocycles. The van der Waals surface area contributed by atoms with Crippen LogP contribution in [0.2, 0.25) is 0 Å². The molecule has 3 heteroatoms. The van der Waals surface area contributed by atoms with Crippen molar-refractivity contribution in [2.24, 2.45) is 0 Å². The van der Waals surface area contributed by atoms with E-state index in [4.69, 9.17) is 9.47 Å². The van der Waals surface area contributed by atoms with Crippen LogP contribution in [-0.2, 0) is 9.47 Å². The first-order chi connectivity index (χ1) is 7.36. The van der Waals surface area contributed by atoms with Gasteiger partial charge in [-0.05, 0) is 32.2 Å². The van der Waals surface area contributed by atoms with Crippen LogP contribution < -0.4 is 5.32 Å². The molecule has 15 heavy (non-hydrogen) atoms. The molecule has 2 atom stereocenters. The standard InChI is InChI=1S/C12H25NO2/c1-3-7-13-9-11(4-2)15-10-12-6-5-8-14-12/h11-13H,3-10H2,1-2H3. The van der Waals surface area contributed by atoms with Gasteiger partial charge in [0, 0.05) is 13.2 Å². The molecule has 1 saturated heterocycles. The molecule has 90 valence electrons. The topological polar surface area (TPSA) is 30.5 Å². The second-order valence-electron chi connectivity index (χ2n) is 4.20. The first-order valence-corrected chi connectivity index (χ1v) is 6.30. The molecule has 0 aliphatic carbocycles. The van der Waals surface area contributed by atoms with Gasteiger partial charge in [0.05, 0.1) is 18.8 Å². The highest BCUT2D eigenvalue weighted by molar-refractivity contribution is 4.66. The minimum absolute atomic E-state index is 0.348. The van der Waals surface area contributed by atoms with Gasteiger partial charge in [0.25, 0.3) is 0 Å². The summed E-state index contributed by atoms with van der Waals surface area (Å²) in [7, 11) is 0. The lowest BCUT2D eigenvalue weighted by molar-refractivity contribution is -0.0207. The summed E-state index contributed by atoms with van der Waals surface area (Å²) in [5, 5.41) is 3.40. The van der Waals surface area contributed by atoms with Crippen molar-refractivity contribution in [3.63, 3.8) is 0 Å². The number of hydrogen-bond acceptors (Lipinski definition) is 3. The van der Waals surface area contributed by atoms with Crippen LogP contribution in [0.1, 0.15) is 39.5 Å². The minimum atomic E-state index is 0.348. The van der Waals surface area contributed by atoms with E-state index in [0.717, 1.165) is 32.7 Å². The van der Waals surface area contributed by atoms with E-state index in [1.54, 1.807) is 0 Å². The zero-order valence-corrected chi connectivity index (χ0v) is 10.1. The fourth-order valence-electron chi connectivity index (χ4n) is 1.78. The molecule has 0 aromatic rings. The molecular weight excluding hydrogens is 190 g/mol. The van der Waals surface area contributed by atoms with Crippen molar-refractivity contribution in [3.8, 4) is 0 Å². The summed E-state index contributed by atoms with van der Waals surface area (Å²) in [4.78, 5) is 0. The monoisotopic (exact) mass is 215 g/mol. The van der Waals surface area contributed by atoms with Gasteiger partial charge in [0.15, 0.2) is 0 Å². The average molecular weight is 215 g/mol. The predicted molar refractivity (Wildman–Crippen MR) is 62.2 cm³/mol. The Bertz CT molecular complexity index is 147. The van der Waals surface area contributed by atoms with Gasteiger partial charge in [-0.15, -0.1) is 0 Å². The summed E-state index contributed by atoms with van der Waals surface area (Å²) in [6.07, 6.45) is 5.31. The fourth-order valence-corrected chi connectivity index (χ4v) is 1.78. The van der Waals surface area contributed by atoms with Crippen molar-refractivity contribution in [2.45, 2.75) is 51.7 Å². The lowest BCUT2D eigenvalue weighted by atomic mass is 10.2. The van der Waals surface area contributed by atoms with Crippen molar-refractivity contribution in [2.75, 3.05) is 26.3 Å². The third kappa shape index (κ3) is 5.50. The van der Waals surface area contributed by atoms with Crippen LogP contribution in [0.3, 0.4) is 0 Å². The summed E-state index contributed by atoms with van der Waals surface area (Å²) in [5.41, 5.74) is 0. The quantitative estimate of drug-likeness (QED) is 0.628. The van der Waals surface area contributed by atoms with E-state index >= 15 is 0 Å². The molecule has 1 aliphatic heterocycles. The molecular formula is C12H25NO2. The van der Waals surface area contributed by atoms with Crippen molar-refractivity contribution < 1.29 is 9.47 Å². The van der Waals surface area contributed by atoms with Crippen molar-refractivity contribution in [1.82, 2.24) is 5.32 Å². The first kappa shape index (κ1) is 12.9. The van der Waals surface area contributed by atoms with E-state index in [1.807, 2.05) is 0 Å². The Morgan fingerprint density at radius 1 is 1.47 bits per heavy atom. The maximum absolute atomic E-state index is 5.83. The highest BCUT2D eigenvalue weighted by Crippen LogP contribution is 2.13. The summed E-state index contributed by atoms with van der Waals surface area (Å²) in [6.45, 7) is 8.09. The molecule has 1 aliphatic rings. The van der Waals surface area contributed by atoms with Crippen molar-refractivity contribution >= 4 is 0 Å². The average Bonchev–Trinajstić information content (AvgIpc) is 2.76. The molecule has 0 amide bonds. The van der Waals surface area contributed by atoms with Gasteiger partial charge in [-0.1, -0.05) is 13.8 Å². The Kier molecular flexibility index (Phi) is 6.98. The van der Waals surface area contributed by atoms with Crippen molar-refractivity contribution in [1.29, 1.82) is 0 Å². The van der Waals surface area contributed by atoms with Crippen LogP contribution in [-0.4, -0.2) is 38.5 Å². The first-order valence-electron chi connectivity index (χ1n) is 6.30. The lowest BCUT2D eigenvalue weighted by Crippen LogP contribution is -2.31. The van der Waals surface area contributed by atoms with Crippen LogP contribution >= 0.6 is 0 Å². The zero-order chi connectivity index (χ0) is 10.9. The SMILES string of the molecule is CCCNCC(CC)OCC1CCCO1. The second-order valence-corrected chi connectivity index (χ2v) is 4.20. The van der Waals surface area contributed by atoms with Gasteiger partial charge in [-0.2, -0.15) is 0 Å². The van der Waals surface area contributed by atoms with Gasteiger partial charge in [0.2, 0.25) is 0 Å². The van der Waals surface area contributed by atoms with E-state index in [2.05, 4.69) is 19.2 Å². The van der Waals surface area contributed by atoms with Gasteiger partial charge in [-0.3, -0.25) is 0 Å². The maximum atomic E-state index is 5.83. The van der Waals surface area contributed by atoms with Crippen LogP contribution in [0, 0.1) is 0 Å². The van der Waals surface area contributed by atoms with Crippen LogP contribution in [0.5, 0.6) is 0 Å². The molecule has 0 bridgehead atoms. The smallest absolute Gasteiger partial charge is 0.0809 e. The Morgan fingerprint density at radius 2 is 2.33 bits per heavy atom. The molecule has 1 rings (SSSR count). The van der Waals surface area contributed by atoms with Gasteiger partial charge >= 0.3 is 0 Å². The Balaban J connectivity index is 2.04. The molecule has 2 unspecified atom stereocenters. The highest BCUT2D eigenvalue weighted by atomic mass is 16.5. The molecule has 0 radical (unpaired) electrons. The summed E-state index contributed by atoms with van der Waals surface area (Å²) < 4.78 is 11.4. The maximum Gasteiger partial charge on any atom is 0.0809 e. The van der Waals surface area contributed by atoms with Crippen LogP contribution in [0.25, 0.3) is 0 Å². The van der Waals surface area contributed by atoms with Crippen LogP contribution in [0.4, 0.5) is 0 Å². The zero-order valence-electron chi connectivity index (χ0n) is 10.1. The predicted octanol–water partition coefficient (Wildman–Crippen LogP) is 1.96.